The number of nitrogens with one attached hydrogen (secondary N) is 1. The number of nitrogens with zero attached hydrogens (tertiary/aromatic N) is 2. The molecule has 2 aromatic heterocycles. The number of hydrogen-bond acceptors (Lipinski definition) is 4. The molecule has 0 aromatic carbocycles. The Labute approximate surface area is 175 Å². The molecule has 1 N–H and O–H groups in total. The van der Waals surface area contributed by atoms with Crippen molar-refractivity contribution in [2.45, 2.75) is 96.1 Å². The van der Waals surface area contributed by atoms with Gasteiger partial charge in [0, 0.05) is 16.8 Å². The van der Waals surface area contributed by atoms with E-state index in [1.165, 1.54) is 36.1 Å². The summed E-state index contributed by atoms with van der Waals surface area (Å²) < 4.78 is 0. The Hall–Kier alpha value is -1.69. The lowest BCUT2D eigenvalue weighted by Gasteiger charge is -2.33. The van der Waals surface area contributed by atoms with Gasteiger partial charge in [-0.3, -0.25) is 9.59 Å². The number of hydrogen-bond donors (Lipinski definition) is 1. The van der Waals surface area contributed by atoms with Crippen LogP contribution in [0.5, 0.6) is 0 Å². The molecule has 0 spiro atoms. The predicted octanol–water partition coefficient (Wildman–Crippen LogP) is 4.71. The number of carbonyl (C=O) groups excluding carboxylic acids is 1. The van der Waals surface area contributed by atoms with Gasteiger partial charge in [0.1, 0.15) is 10.7 Å². The highest BCUT2D eigenvalue weighted by Crippen LogP contribution is 2.34. The maximum absolute atomic E-state index is 13.4. The summed E-state index contributed by atoms with van der Waals surface area (Å²) in [5, 5.41) is 0.805. The van der Waals surface area contributed by atoms with Gasteiger partial charge in [-0.15, -0.1) is 11.3 Å². The molecule has 2 heterocycles. The van der Waals surface area contributed by atoms with Crippen LogP contribution in [0.25, 0.3) is 10.2 Å². The molecule has 3 aliphatic rings. The molecule has 2 saturated carbocycles. The molecule has 5 rings (SSSR count). The lowest BCUT2D eigenvalue weighted by atomic mass is 9.88. The van der Waals surface area contributed by atoms with Gasteiger partial charge in [-0.2, -0.15) is 0 Å². The molecule has 3 aliphatic carbocycles. The number of aryl methyl sites for hydroxylation is 2. The maximum Gasteiger partial charge on any atom is 0.259 e. The molecular formula is C23H31N3O2S. The van der Waals surface area contributed by atoms with Crippen molar-refractivity contribution in [2.75, 3.05) is 0 Å². The van der Waals surface area contributed by atoms with Gasteiger partial charge in [0.25, 0.3) is 5.56 Å². The Kier molecular flexibility index (Phi) is 5.46. The van der Waals surface area contributed by atoms with Crippen molar-refractivity contribution < 1.29 is 4.79 Å². The molecule has 29 heavy (non-hydrogen) atoms. The lowest BCUT2D eigenvalue weighted by Crippen LogP contribution is -2.43. The van der Waals surface area contributed by atoms with E-state index in [4.69, 9.17) is 4.98 Å². The van der Waals surface area contributed by atoms with E-state index in [1.54, 1.807) is 11.3 Å². The number of rotatable bonds is 4. The average Bonchev–Trinajstić information content (AvgIpc) is 3.40. The Balaban J connectivity index is 1.45. The first-order valence-corrected chi connectivity index (χ1v) is 12.4. The summed E-state index contributed by atoms with van der Waals surface area (Å²) in [5.41, 5.74) is 1.21. The maximum atomic E-state index is 13.4. The molecule has 6 heteroatoms. The van der Waals surface area contributed by atoms with E-state index in [-0.39, 0.29) is 11.5 Å². The first-order chi connectivity index (χ1) is 14.2. The summed E-state index contributed by atoms with van der Waals surface area (Å²) in [4.78, 5) is 38.5. The monoisotopic (exact) mass is 413 g/mol. The molecule has 2 fully saturated rings. The molecular weight excluding hydrogens is 382 g/mol. The number of aromatic amines is 1. The number of carbonyl (C=O) groups is 1. The number of fused-ring (bicyclic) bond motifs is 3. The lowest BCUT2D eigenvalue weighted by molar-refractivity contribution is -0.139. The number of aromatic nitrogens is 2. The fraction of sp³-hybridized carbons (Fsp3) is 0.696. The Bertz CT molecular complexity index is 951. The first-order valence-electron chi connectivity index (χ1n) is 11.5. The largest absolute Gasteiger partial charge is 0.332 e. The van der Waals surface area contributed by atoms with Gasteiger partial charge in [0.2, 0.25) is 5.91 Å². The standard InChI is InChI=1S/C23H31N3O2S/c27-21-20-17-12-6-7-13-18(17)29-22(20)25-19(24-21)14-26(16-10-4-5-11-16)23(28)15-8-2-1-3-9-15/h15-16H,1-14H2,(H,24,25,27). The van der Waals surface area contributed by atoms with E-state index in [0.717, 1.165) is 68.0 Å². The number of thiophene rings is 1. The van der Waals surface area contributed by atoms with Crippen molar-refractivity contribution in [1.29, 1.82) is 0 Å². The minimum Gasteiger partial charge on any atom is -0.332 e. The number of H-pyrrole nitrogens is 1. The minimum atomic E-state index is -0.0131. The number of amides is 1. The van der Waals surface area contributed by atoms with Crippen LogP contribution in [0.2, 0.25) is 0 Å². The van der Waals surface area contributed by atoms with Crippen LogP contribution in [0.15, 0.2) is 4.79 Å². The quantitative estimate of drug-likeness (QED) is 0.789. The van der Waals surface area contributed by atoms with Gasteiger partial charge in [0.15, 0.2) is 0 Å². The second-order valence-corrected chi connectivity index (χ2v) is 10.2. The van der Waals surface area contributed by atoms with E-state index in [0.29, 0.717) is 24.3 Å². The zero-order valence-corrected chi connectivity index (χ0v) is 18.0. The van der Waals surface area contributed by atoms with Gasteiger partial charge in [-0.05, 0) is 56.9 Å². The highest BCUT2D eigenvalue weighted by Gasteiger charge is 2.33. The van der Waals surface area contributed by atoms with Gasteiger partial charge in [0.05, 0.1) is 11.9 Å². The molecule has 0 unspecified atom stereocenters. The smallest absolute Gasteiger partial charge is 0.259 e. The van der Waals surface area contributed by atoms with Crippen LogP contribution >= 0.6 is 11.3 Å². The summed E-state index contributed by atoms with van der Waals surface area (Å²) in [7, 11) is 0. The summed E-state index contributed by atoms with van der Waals surface area (Å²) in [6.45, 7) is 0.452. The van der Waals surface area contributed by atoms with Gasteiger partial charge in [-0.1, -0.05) is 32.1 Å². The van der Waals surface area contributed by atoms with Crippen molar-refractivity contribution in [3.63, 3.8) is 0 Å². The molecule has 156 valence electrons. The normalized spacial score (nSPS) is 20.8. The summed E-state index contributed by atoms with van der Waals surface area (Å²) in [6, 6.07) is 0.307. The third-order valence-corrected chi connectivity index (χ3v) is 8.38. The van der Waals surface area contributed by atoms with Crippen LogP contribution in [-0.4, -0.2) is 26.8 Å². The molecule has 0 bridgehead atoms. The van der Waals surface area contributed by atoms with Gasteiger partial charge < -0.3 is 9.88 Å². The zero-order chi connectivity index (χ0) is 19.8. The summed E-state index contributed by atoms with van der Waals surface area (Å²) in [5.74, 6) is 1.12. The molecule has 0 radical (unpaired) electrons. The molecule has 5 nitrogen and oxygen atoms in total. The average molecular weight is 414 g/mol. The second-order valence-electron chi connectivity index (χ2n) is 9.14. The summed E-state index contributed by atoms with van der Waals surface area (Å²) >= 11 is 1.69. The van der Waals surface area contributed by atoms with Crippen molar-refractivity contribution in [3.8, 4) is 0 Å². The van der Waals surface area contributed by atoms with E-state index in [9.17, 15) is 9.59 Å². The highest BCUT2D eigenvalue weighted by atomic mass is 32.1. The van der Waals surface area contributed by atoms with Crippen LogP contribution in [0.3, 0.4) is 0 Å². The van der Waals surface area contributed by atoms with E-state index in [2.05, 4.69) is 9.88 Å². The van der Waals surface area contributed by atoms with Crippen LogP contribution < -0.4 is 5.56 Å². The Morgan fingerprint density at radius 3 is 2.52 bits per heavy atom. The third kappa shape index (κ3) is 3.76. The second kappa shape index (κ2) is 8.21. The zero-order valence-electron chi connectivity index (χ0n) is 17.2. The Morgan fingerprint density at radius 2 is 1.72 bits per heavy atom. The van der Waals surface area contributed by atoms with Crippen LogP contribution in [0, 0.1) is 5.92 Å². The molecule has 2 aromatic rings. The van der Waals surface area contributed by atoms with E-state index >= 15 is 0 Å². The van der Waals surface area contributed by atoms with Crippen LogP contribution in [-0.2, 0) is 24.2 Å². The topological polar surface area (TPSA) is 66.1 Å². The SMILES string of the molecule is O=C(C1CCCCC1)N(Cc1nc2sc3c(c2c(=O)[nH]1)CCCC3)C1CCCC1. The molecule has 0 atom stereocenters. The minimum absolute atomic E-state index is 0.0131. The molecule has 0 saturated heterocycles. The highest BCUT2D eigenvalue weighted by molar-refractivity contribution is 7.18. The third-order valence-electron chi connectivity index (χ3n) is 7.20. The van der Waals surface area contributed by atoms with Gasteiger partial charge in [-0.25, -0.2) is 4.98 Å². The Morgan fingerprint density at radius 1 is 1.00 bits per heavy atom. The van der Waals surface area contributed by atoms with Crippen molar-refractivity contribution in [3.05, 3.63) is 26.6 Å². The van der Waals surface area contributed by atoms with Crippen molar-refractivity contribution in [1.82, 2.24) is 14.9 Å². The van der Waals surface area contributed by atoms with Crippen LogP contribution in [0.4, 0.5) is 0 Å². The fourth-order valence-corrected chi connectivity index (χ4v) is 6.91. The van der Waals surface area contributed by atoms with Crippen LogP contribution in [0.1, 0.15) is 86.9 Å². The fourth-order valence-electron chi connectivity index (χ4n) is 5.63. The summed E-state index contributed by atoms with van der Waals surface area (Å²) in [6.07, 6.45) is 14.6. The van der Waals surface area contributed by atoms with Crippen molar-refractivity contribution in [2.24, 2.45) is 5.92 Å². The predicted molar refractivity (Wildman–Crippen MR) is 116 cm³/mol. The first kappa shape index (κ1) is 19.3. The van der Waals surface area contributed by atoms with E-state index in [1.807, 2.05) is 0 Å². The van der Waals surface area contributed by atoms with E-state index < -0.39 is 0 Å². The van der Waals surface area contributed by atoms with Gasteiger partial charge >= 0.3 is 0 Å². The molecule has 0 aliphatic heterocycles. The molecule has 1 amide bonds. The van der Waals surface area contributed by atoms with Crippen molar-refractivity contribution >= 4 is 27.5 Å².